The molecule has 2 aromatic rings. The number of amidine groups is 1. The zero-order chi connectivity index (χ0) is 19.9. The highest BCUT2D eigenvalue weighted by Gasteiger charge is 2.35. The molecule has 1 saturated heterocycles. The van der Waals surface area contributed by atoms with Crippen molar-refractivity contribution in [3.05, 3.63) is 60.2 Å². The second kappa shape index (κ2) is 9.41. The van der Waals surface area contributed by atoms with Gasteiger partial charge >= 0.3 is 0 Å². The summed E-state index contributed by atoms with van der Waals surface area (Å²) >= 11 is 1.33. The van der Waals surface area contributed by atoms with Gasteiger partial charge < -0.3 is 10.1 Å². The molecule has 1 N–H and O–H groups in total. The third-order valence-corrected chi connectivity index (χ3v) is 5.63. The van der Waals surface area contributed by atoms with Crippen LogP contribution in [0.4, 0.5) is 5.69 Å². The first-order chi connectivity index (χ1) is 13.6. The molecule has 1 aliphatic rings. The third kappa shape index (κ3) is 4.92. The molecule has 6 nitrogen and oxygen atoms in total. The maximum absolute atomic E-state index is 12.8. The van der Waals surface area contributed by atoms with Crippen LogP contribution in [0.5, 0.6) is 5.75 Å². The van der Waals surface area contributed by atoms with Crippen LogP contribution < -0.4 is 10.1 Å². The number of aliphatic imine (C=N–C) groups is 1. The molecule has 1 heterocycles. The first kappa shape index (κ1) is 19.9. The summed E-state index contributed by atoms with van der Waals surface area (Å²) in [5, 5.41) is 2.70. The summed E-state index contributed by atoms with van der Waals surface area (Å²) in [5.41, 5.74) is 1.86. The number of thioether (sulfide) groups is 1. The highest BCUT2D eigenvalue weighted by molar-refractivity contribution is 8.15. The number of hydrogen-bond acceptors (Lipinski definition) is 5. The number of benzene rings is 2. The average molecular weight is 398 g/mol. The van der Waals surface area contributed by atoms with E-state index < -0.39 is 5.25 Å². The third-order valence-electron chi connectivity index (χ3n) is 4.44. The van der Waals surface area contributed by atoms with E-state index in [1.54, 1.807) is 19.1 Å². The van der Waals surface area contributed by atoms with E-state index >= 15 is 0 Å². The molecule has 0 aromatic heterocycles. The number of ether oxygens (including phenoxy) is 1. The van der Waals surface area contributed by atoms with Gasteiger partial charge in [0.15, 0.2) is 5.17 Å². The lowest BCUT2D eigenvalue weighted by Crippen LogP contribution is -2.46. The number of nitrogens with one attached hydrogen (secondary N) is 1. The Morgan fingerprint density at radius 1 is 1.21 bits per heavy atom. The Balaban J connectivity index is 1.84. The van der Waals surface area contributed by atoms with Crippen molar-refractivity contribution < 1.29 is 14.3 Å². The molecule has 28 heavy (non-hydrogen) atoms. The van der Waals surface area contributed by atoms with E-state index in [1.165, 1.54) is 11.8 Å². The lowest BCUT2D eigenvalue weighted by Gasteiger charge is -2.31. The fourth-order valence-corrected chi connectivity index (χ4v) is 4.06. The van der Waals surface area contributed by atoms with Gasteiger partial charge in [0.2, 0.25) is 11.8 Å². The standard InChI is InChI=1S/C21H23N3O3S/c1-22-20(26)18-14-19(25)24(13-12-15-6-4-3-5-7-15)21(28-18)23-16-8-10-17(27-2)11-9-16/h3-11,18H,12-14H2,1-2H3,(H,22,26)/t18-/m1/s1. The maximum Gasteiger partial charge on any atom is 0.233 e. The molecular formula is C21H23N3O3S. The first-order valence-corrected chi connectivity index (χ1v) is 9.94. The summed E-state index contributed by atoms with van der Waals surface area (Å²) in [4.78, 5) is 31.2. The largest absolute Gasteiger partial charge is 0.497 e. The van der Waals surface area contributed by atoms with Crippen molar-refractivity contribution in [1.29, 1.82) is 0 Å². The van der Waals surface area contributed by atoms with Crippen LogP contribution >= 0.6 is 11.8 Å². The summed E-state index contributed by atoms with van der Waals surface area (Å²) in [6.07, 6.45) is 0.889. The Morgan fingerprint density at radius 2 is 1.93 bits per heavy atom. The molecule has 0 radical (unpaired) electrons. The maximum atomic E-state index is 12.8. The lowest BCUT2D eigenvalue weighted by molar-refractivity contribution is -0.130. The molecule has 1 atom stereocenters. The first-order valence-electron chi connectivity index (χ1n) is 9.06. The fourth-order valence-electron chi connectivity index (χ4n) is 2.88. The summed E-state index contributed by atoms with van der Waals surface area (Å²) in [6.45, 7) is 0.519. The molecule has 146 valence electrons. The van der Waals surface area contributed by atoms with E-state index in [0.29, 0.717) is 17.4 Å². The number of rotatable bonds is 6. The van der Waals surface area contributed by atoms with E-state index in [0.717, 1.165) is 17.7 Å². The van der Waals surface area contributed by atoms with E-state index in [-0.39, 0.29) is 18.2 Å². The van der Waals surface area contributed by atoms with E-state index in [4.69, 9.17) is 4.74 Å². The van der Waals surface area contributed by atoms with Gasteiger partial charge in [0, 0.05) is 20.0 Å². The predicted molar refractivity (Wildman–Crippen MR) is 112 cm³/mol. The number of methoxy groups -OCH3 is 1. The molecule has 0 unspecified atom stereocenters. The van der Waals surface area contributed by atoms with Crippen LogP contribution in [0.1, 0.15) is 12.0 Å². The molecule has 7 heteroatoms. The van der Waals surface area contributed by atoms with Gasteiger partial charge in [-0.2, -0.15) is 0 Å². The molecule has 0 aliphatic carbocycles. The van der Waals surface area contributed by atoms with Crippen LogP contribution in [0.2, 0.25) is 0 Å². The second-order valence-electron chi connectivity index (χ2n) is 6.30. The SMILES string of the molecule is CNC(=O)[C@H]1CC(=O)N(CCc2ccccc2)C(=Nc2ccc(OC)cc2)S1. The topological polar surface area (TPSA) is 71.0 Å². The van der Waals surface area contributed by atoms with Crippen molar-refractivity contribution in [3.8, 4) is 5.75 Å². The van der Waals surface area contributed by atoms with Gasteiger partial charge in [-0.15, -0.1) is 0 Å². The van der Waals surface area contributed by atoms with Gasteiger partial charge in [-0.1, -0.05) is 42.1 Å². The van der Waals surface area contributed by atoms with Gasteiger partial charge in [-0.25, -0.2) is 4.99 Å². The zero-order valence-corrected chi connectivity index (χ0v) is 16.7. The summed E-state index contributed by atoms with van der Waals surface area (Å²) in [5.74, 6) is 0.486. The van der Waals surface area contributed by atoms with Crippen LogP contribution in [0.25, 0.3) is 0 Å². The minimum absolute atomic E-state index is 0.0875. The number of carbonyl (C=O) groups is 2. The van der Waals surface area contributed by atoms with Crippen molar-refractivity contribution in [3.63, 3.8) is 0 Å². The fraction of sp³-hybridized carbons (Fsp3) is 0.286. The van der Waals surface area contributed by atoms with Crippen molar-refractivity contribution in [1.82, 2.24) is 10.2 Å². The summed E-state index contributed by atoms with van der Waals surface area (Å²) in [6, 6.07) is 17.3. The Labute approximate surface area is 169 Å². The minimum atomic E-state index is -0.470. The van der Waals surface area contributed by atoms with Crippen molar-refractivity contribution >= 4 is 34.4 Å². The summed E-state index contributed by atoms with van der Waals surface area (Å²) < 4.78 is 5.18. The van der Waals surface area contributed by atoms with E-state index in [2.05, 4.69) is 10.3 Å². The summed E-state index contributed by atoms with van der Waals surface area (Å²) in [7, 11) is 3.19. The quantitative estimate of drug-likeness (QED) is 0.813. The molecule has 2 amide bonds. The molecule has 1 fully saturated rings. The Hall–Kier alpha value is -2.80. The number of amides is 2. The Bertz CT molecular complexity index is 853. The molecule has 3 rings (SSSR count). The van der Waals surface area contributed by atoms with Gasteiger partial charge in [-0.05, 0) is 36.2 Å². The van der Waals surface area contributed by atoms with Crippen molar-refractivity contribution in [2.24, 2.45) is 4.99 Å². The lowest BCUT2D eigenvalue weighted by atomic mass is 10.1. The Morgan fingerprint density at radius 3 is 2.57 bits per heavy atom. The molecule has 1 aliphatic heterocycles. The molecule has 0 bridgehead atoms. The van der Waals surface area contributed by atoms with Gasteiger partial charge in [0.25, 0.3) is 0 Å². The minimum Gasteiger partial charge on any atom is -0.497 e. The predicted octanol–water partition coefficient (Wildman–Crippen LogP) is 3.01. The zero-order valence-electron chi connectivity index (χ0n) is 15.9. The number of nitrogens with zero attached hydrogens (tertiary/aromatic N) is 2. The average Bonchev–Trinajstić information content (AvgIpc) is 2.73. The number of hydrogen-bond donors (Lipinski definition) is 1. The molecule has 2 aromatic carbocycles. The smallest absolute Gasteiger partial charge is 0.233 e. The second-order valence-corrected chi connectivity index (χ2v) is 7.47. The van der Waals surface area contributed by atoms with Crippen LogP contribution in [-0.4, -0.2) is 47.8 Å². The van der Waals surface area contributed by atoms with Crippen LogP contribution in [0.3, 0.4) is 0 Å². The van der Waals surface area contributed by atoms with Crippen molar-refractivity contribution in [2.45, 2.75) is 18.1 Å². The van der Waals surface area contributed by atoms with E-state index in [9.17, 15) is 9.59 Å². The van der Waals surface area contributed by atoms with Gasteiger partial charge in [-0.3, -0.25) is 14.5 Å². The van der Waals surface area contributed by atoms with Gasteiger partial charge in [0.1, 0.15) is 5.75 Å². The van der Waals surface area contributed by atoms with E-state index in [1.807, 2.05) is 54.6 Å². The number of carbonyl (C=O) groups excluding carboxylic acids is 2. The Kier molecular flexibility index (Phi) is 6.71. The van der Waals surface area contributed by atoms with Crippen LogP contribution in [-0.2, 0) is 16.0 Å². The highest BCUT2D eigenvalue weighted by Crippen LogP contribution is 2.29. The van der Waals surface area contributed by atoms with Crippen LogP contribution in [0.15, 0.2) is 59.6 Å². The molecule has 0 spiro atoms. The van der Waals surface area contributed by atoms with Crippen LogP contribution in [0, 0.1) is 0 Å². The normalized spacial score (nSPS) is 18.2. The monoisotopic (exact) mass is 397 g/mol. The molecule has 0 saturated carbocycles. The van der Waals surface area contributed by atoms with Gasteiger partial charge in [0.05, 0.1) is 18.0 Å². The highest BCUT2D eigenvalue weighted by atomic mass is 32.2. The molecular weight excluding hydrogens is 374 g/mol. The van der Waals surface area contributed by atoms with Crippen molar-refractivity contribution in [2.75, 3.05) is 20.7 Å².